The first-order valence-corrected chi connectivity index (χ1v) is 6.10. The first-order valence-electron chi connectivity index (χ1n) is 6.10. The number of nitrogens with two attached hydrogens (primary N) is 1. The summed E-state index contributed by atoms with van der Waals surface area (Å²) in [6.07, 6.45) is 2.02. The fourth-order valence-corrected chi connectivity index (χ4v) is 2.30. The predicted octanol–water partition coefficient (Wildman–Crippen LogP) is 1.29. The first-order chi connectivity index (χ1) is 8.06. The van der Waals surface area contributed by atoms with Crippen molar-refractivity contribution in [3.63, 3.8) is 0 Å². The minimum Gasteiger partial charge on any atom is -0.340 e. The second kappa shape index (κ2) is 7.72. The topological polar surface area (TPSA) is 64.2 Å². The maximum atomic E-state index is 12.1. The number of aromatic nitrogens is 2. The van der Waals surface area contributed by atoms with Gasteiger partial charge in [0.05, 0.1) is 5.69 Å². The van der Waals surface area contributed by atoms with Crippen LogP contribution in [0.2, 0.25) is 0 Å². The zero-order valence-electron chi connectivity index (χ0n) is 11.3. The quantitative estimate of drug-likeness (QED) is 0.895. The summed E-state index contributed by atoms with van der Waals surface area (Å²) < 4.78 is 1.76. The van der Waals surface area contributed by atoms with Crippen LogP contribution in [0.4, 0.5) is 0 Å². The first kappa shape index (κ1) is 18.2. The van der Waals surface area contributed by atoms with Gasteiger partial charge in [-0.2, -0.15) is 5.10 Å². The third kappa shape index (κ3) is 4.67. The van der Waals surface area contributed by atoms with E-state index in [1.54, 1.807) is 4.68 Å². The Balaban J connectivity index is 0.00000162. The molecule has 2 N–H and O–H groups in total. The van der Waals surface area contributed by atoms with Gasteiger partial charge in [-0.25, -0.2) is 0 Å². The molecule has 1 fully saturated rings. The molecule has 110 valence electrons. The number of carbonyl (C=O) groups is 1. The van der Waals surface area contributed by atoms with E-state index in [2.05, 4.69) is 5.10 Å². The third-order valence-electron chi connectivity index (χ3n) is 3.20. The van der Waals surface area contributed by atoms with Crippen molar-refractivity contribution in [3.8, 4) is 0 Å². The van der Waals surface area contributed by atoms with E-state index in [-0.39, 0.29) is 36.8 Å². The normalized spacial score (nSPS) is 18.5. The summed E-state index contributed by atoms with van der Waals surface area (Å²) >= 11 is 0. The monoisotopic (exact) mass is 308 g/mol. The maximum absolute atomic E-state index is 12.1. The lowest BCUT2D eigenvalue weighted by Crippen LogP contribution is -2.46. The fourth-order valence-electron chi connectivity index (χ4n) is 2.30. The fraction of sp³-hybridized carbons (Fsp3) is 0.667. The van der Waals surface area contributed by atoms with Gasteiger partial charge in [-0.1, -0.05) is 0 Å². The highest BCUT2D eigenvalue weighted by Crippen LogP contribution is 2.10. The molecule has 7 heteroatoms. The number of piperidine rings is 1. The van der Waals surface area contributed by atoms with Crippen LogP contribution in [0.3, 0.4) is 0 Å². The van der Waals surface area contributed by atoms with E-state index in [4.69, 9.17) is 5.73 Å². The summed E-state index contributed by atoms with van der Waals surface area (Å²) in [4.78, 5) is 13.9. The smallest absolute Gasteiger partial charge is 0.244 e. The largest absolute Gasteiger partial charge is 0.340 e. The molecule has 1 aliphatic heterocycles. The van der Waals surface area contributed by atoms with Gasteiger partial charge < -0.3 is 10.6 Å². The number of rotatable bonds is 2. The Kier molecular flexibility index (Phi) is 7.41. The van der Waals surface area contributed by atoms with Crippen molar-refractivity contribution in [2.75, 3.05) is 13.1 Å². The Labute approximate surface area is 126 Å². The van der Waals surface area contributed by atoms with Gasteiger partial charge in [0.25, 0.3) is 0 Å². The van der Waals surface area contributed by atoms with Crippen molar-refractivity contribution in [2.24, 2.45) is 5.73 Å². The standard InChI is InChI=1S/C12H20N4O.2ClH/c1-9-6-10(2)16(14-9)8-12(17)15-5-3-4-11(13)7-15;;/h6,11H,3-5,7-8,13H2,1-2H3;2*1H/t11-;;/m1../s1. The second-order valence-corrected chi connectivity index (χ2v) is 4.83. The van der Waals surface area contributed by atoms with Crippen LogP contribution in [0.25, 0.3) is 0 Å². The Bertz CT molecular complexity index is 422. The molecular formula is C12H22Cl2N4O. The molecule has 0 unspecified atom stereocenters. The molecule has 0 aliphatic carbocycles. The van der Waals surface area contributed by atoms with Gasteiger partial charge in [0.2, 0.25) is 5.91 Å². The zero-order chi connectivity index (χ0) is 12.4. The molecule has 0 radical (unpaired) electrons. The van der Waals surface area contributed by atoms with Crippen LogP contribution in [-0.2, 0) is 11.3 Å². The summed E-state index contributed by atoms with van der Waals surface area (Å²) in [7, 11) is 0. The van der Waals surface area contributed by atoms with Crippen molar-refractivity contribution in [2.45, 2.75) is 39.3 Å². The molecule has 0 aromatic carbocycles. The molecule has 0 bridgehead atoms. The predicted molar refractivity (Wildman–Crippen MR) is 80.0 cm³/mol. The van der Waals surface area contributed by atoms with Crippen molar-refractivity contribution in [1.29, 1.82) is 0 Å². The van der Waals surface area contributed by atoms with Crippen molar-refractivity contribution < 1.29 is 4.79 Å². The molecule has 1 saturated heterocycles. The summed E-state index contributed by atoms with van der Waals surface area (Å²) in [6, 6.07) is 2.11. The molecule has 19 heavy (non-hydrogen) atoms. The molecular weight excluding hydrogens is 287 g/mol. The van der Waals surface area contributed by atoms with Crippen LogP contribution in [-0.4, -0.2) is 39.7 Å². The van der Waals surface area contributed by atoms with Crippen molar-refractivity contribution in [3.05, 3.63) is 17.5 Å². The summed E-state index contributed by atoms with van der Waals surface area (Å²) in [5, 5.41) is 4.30. The molecule has 5 nitrogen and oxygen atoms in total. The number of amides is 1. The molecule has 0 spiro atoms. The minimum absolute atomic E-state index is 0. The van der Waals surface area contributed by atoms with Gasteiger partial charge in [-0.05, 0) is 32.8 Å². The van der Waals surface area contributed by atoms with E-state index in [0.29, 0.717) is 13.1 Å². The Morgan fingerprint density at radius 3 is 2.68 bits per heavy atom. The average molecular weight is 309 g/mol. The van der Waals surface area contributed by atoms with E-state index in [1.807, 2.05) is 24.8 Å². The molecule has 2 heterocycles. The van der Waals surface area contributed by atoms with Crippen LogP contribution < -0.4 is 5.73 Å². The van der Waals surface area contributed by atoms with Gasteiger partial charge in [0.15, 0.2) is 0 Å². The van der Waals surface area contributed by atoms with Gasteiger partial charge in [-0.3, -0.25) is 9.48 Å². The Morgan fingerprint density at radius 1 is 1.47 bits per heavy atom. The van der Waals surface area contributed by atoms with Gasteiger partial charge in [0.1, 0.15) is 6.54 Å². The van der Waals surface area contributed by atoms with E-state index in [1.165, 1.54) is 0 Å². The Hall–Kier alpha value is -0.780. The zero-order valence-corrected chi connectivity index (χ0v) is 13.0. The van der Waals surface area contributed by atoms with E-state index in [0.717, 1.165) is 30.8 Å². The lowest BCUT2D eigenvalue weighted by molar-refractivity contribution is -0.133. The highest BCUT2D eigenvalue weighted by Gasteiger charge is 2.21. The van der Waals surface area contributed by atoms with E-state index in [9.17, 15) is 4.79 Å². The molecule has 1 aromatic heterocycles. The van der Waals surface area contributed by atoms with E-state index < -0.39 is 0 Å². The molecule has 2 rings (SSSR count). The lowest BCUT2D eigenvalue weighted by atomic mass is 10.1. The highest BCUT2D eigenvalue weighted by atomic mass is 35.5. The van der Waals surface area contributed by atoms with Crippen LogP contribution in [0.5, 0.6) is 0 Å². The van der Waals surface area contributed by atoms with Crippen molar-refractivity contribution in [1.82, 2.24) is 14.7 Å². The molecule has 1 atom stereocenters. The SMILES string of the molecule is Cc1cc(C)n(CC(=O)N2CCC[C@@H](N)C2)n1.Cl.Cl. The molecule has 1 amide bonds. The number of aryl methyl sites for hydroxylation is 2. The van der Waals surface area contributed by atoms with Crippen LogP contribution in [0.1, 0.15) is 24.2 Å². The molecule has 1 aromatic rings. The molecule has 0 saturated carbocycles. The number of hydrogen-bond donors (Lipinski definition) is 1. The number of likely N-dealkylation sites (tertiary alicyclic amines) is 1. The summed E-state index contributed by atoms with van der Waals surface area (Å²) in [5.41, 5.74) is 7.85. The number of nitrogens with zero attached hydrogens (tertiary/aromatic N) is 3. The van der Waals surface area contributed by atoms with Gasteiger partial charge >= 0.3 is 0 Å². The molecule has 1 aliphatic rings. The summed E-state index contributed by atoms with van der Waals surface area (Å²) in [5.74, 6) is 0.117. The third-order valence-corrected chi connectivity index (χ3v) is 3.20. The maximum Gasteiger partial charge on any atom is 0.244 e. The average Bonchev–Trinajstić information content (AvgIpc) is 2.57. The summed E-state index contributed by atoms with van der Waals surface area (Å²) in [6.45, 7) is 5.73. The number of carbonyl (C=O) groups excluding carboxylic acids is 1. The van der Waals surface area contributed by atoms with Gasteiger partial charge in [-0.15, -0.1) is 24.8 Å². The number of halogens is 2. The van der Waals surface area contributed by atoms with E-state index >= 15 is 0 Å². The van der Waals surface area contributed by atoms with Crippen molar-refractivity contribution >= 4 is 30.7 Å². The number of hydrogen-bond acceptors (Lipinski definition) is 3. The minimum atomic E-state index is 0. The second-order valence-electron chi connectivity index (χ2n) is 4.83. The lowest BCUT2D eigenvalue weighted by Gasteiger charge is -2.30. The van der Waals surface area contributed by atoms with Gasteiger partial charge in [0, 0.05) is 24.8 Å². The van der Waals surface area contributed by atoms with Crippen LogP contribution in [0.15, 0.2) is 6.07 Å². The highest BCUT2D eigenvalue weighted by molar-refractivity contribution is 5.85. The Morgan fingerprint density at radius 2 is 2.16 bits per heavy atom. The van der Waals surface area contributed by atoms with Crippen LogP contribution in [0, 0.1) is 13.8 Å². The van der Waals surface area contributed by atoms with Crippen LogP contribution >= 0.6 is 24.8 Å².